The number of rotatable bonds is 4. The van der Waals surface area contributed by atoms with Crippen LogP contribution in [0.1, 0.15) is 31.7 Å². The number of piperidine rings is 1. The highest BCUT2D eigenvalue weighted by Gasteiger charge is 2.25. The maximum atomic E-state index is 12.3. The Morgan fingerprint density at radius 3 is 2.95 bits per heavy atom. The molecule has 0 spiro atoms. The maximum Gasteiger partial charge on any atom is 0.222 e. The number of likely N-dealkylation sites (tertiary alicyclic amines) is 1. The van der Waals surface area contributed by atoms with Crippen LogP contribution in [-0.4, -0.2) is 29.9 Å². The largest absolute Gasteiger partial charge is 0.342 e. The molecule has 1 aromatic carbocycles. The summed E-state index contributed by atoms with van der Waals surface area (Å²) in [7, 11) is 0. The Balaban J connectivity index is 1.87. The number of nitrogens with zero attached hydrogens (tertiary/aromatic N) is 1. The van der Waals surface area contributed by atoms with Gasteiger partial charge < -0.3 is 10.6 Å². The van der Waals surface area contributed by atoms with Gasteiger partial charge in [-0.15, -0.1) is 0 Å². The van der Waals surface area contributed by atoms with Crippen molar-refractivity contribution in [3.8, 4) is 0 Å². The predicted molar refractivity (Wildman–Crippen MR) is 85.4 cm³/mol. The smallest absolute Gasteiger partial charge is 0.222 e. The molecule has 20 heavy (non-hydrogen) atoms. The fourth-order valence-corrected chi connectivity index (χ4v) is 3.25. The molecule has 0 radical (unpaired) electrons. The van der Waals surface area contributed by atoms with E-state index in [0.29, 0.717) is 12.3 Å². The van der Waals surface area contributed by atoms with E-state index in [0.717, 1.165) is 36.8 Å². The number of amides is 1. The molecule has 1 fully saturated rings. The fraction of sp³-hybridized carbons (Fsp3) is 0.562. The highest BCUT2D eigenvalue weighted by molar-refractivity contribution is 9.10. The van der Waals surface area contributed by atoms with Crippen molar-refractivity contribution >= 4 is 21.8 Å². The van der Waals surface area contributed by atoms with E-state index in [2.05, 4.69) is 22.0 Å². The van der Waals surface area contributed by atoms with Gasteiger partial charge in [0.05, 0.1) is 0 Å². The lowest BCUT2D eigenvalue weighted by molar-refractivity contribution is -0.133. The minimum atomic E-state index is 0.175. The van der Waals surface area contributed by atoms with Crippen LogP contribution >= 0.6 is 15.9 Å². The molecule has 0 unspecified atom stereocenters. The third-order valence-corrected chi connectivity index (χ3v) is 4.89. The van der Waals surface area contributed by atoms with Gasteiger partial charge in [0.15, 0.2) is 0 Å². The molecule has 0 saturated carbocycles. The number of hydrogen-bond acceptors (Lipinski definition) is 2. The Morgan fingerprint density at radius 1 is 1.50 bits per heavy atom. The van der Waals surface area contributed by atoms with Crippen molar-refractivity contribution in [1.29, 1.82) is 0 Å². The lowest BCUT2D eigenvalue weighted by Gasteiger charge is -2.34. The van der Waals surface area contributed by atoms with Gasteiger partial charge in [-0.25, -0.2) is 0 Å². The van der Waals surface area contributed by atoms with E-state index in [4.69, 9.17) is 5.73 Å². The van der Waals surface area contributed by atoms with Crippen LogP contribution in [0.25, 0.3) is 0 Å². The fourth-order valence-electron chi connectivity index (χ4n) is 2.77. The molecule has 3 nitrogen and oxygen atoms in total. The standard InChI is InChI=1S/C16H23BrN2O/c1-12(18)14-6-4-10-19(11-14)16(20)9-8-13-5-2-3-7-15(13)17/h2-3,5,7,12,14H,4,6,8-11,18H2,1H3/t12-,14-/m0/s1. The Bertz CT molecular complexity index is 462. The number of carbonyl (C=O) groups is 1. The summed E-state index contributed by atoms with van der Waals surface area (Å²) in [5.74, 6) is 0.710. The quantitative estimate of drug-likeness (QED) is 0.917. The van der Waals surface area contributed by atoms with Gasteiger partial charge in [-0.2, -0.15) is 0 Å². The van der Waals surface area contributed by atoms with Crippen LogP contribution in [0.15, 0.2) is 28.7 Å². The van der Waals surface area contributed by atoms with E-state index in [1.807, 2.05) is 30.0 Å². The SMILES string of the molecule is C[C@H](N)[C@H]1CCCN(C(=O)CCc2ccccc2Br)C1. The van der Waals surface area contributed by atoms with Gasteiger partial charge in [-0.1, -0.05) is 34.1 Å². The summed E-state index contributed by atoms with van der Waals surface area (Å²) in [5, 5.41) is 0. The summed E-state index contributed by atoms with van der Waals surface area (Å²) in [6.45, 7) is 3.75. The van der Waals surface area contributed by atoms with E-state index >= 15 is 0 Å². The van der Waals surface area contributed by atoms with Crippen molar-refractivity contribution in [1.82, 2.24) is 4.90 Å². The van der Waals surface area contributed by atoms with Crippen LogP contribution in [0.4, 0.5) is 0 Å². The van der Waals surface area contributed by atoms with Crippen LogP contribution in [-0.2, 0) is 11.2 Å². The lowest BCUT2D eigenvalue weighted by Crippen LogP contribution is -2.45. The van der Waals surface area contributed by atoms with Crippen LogP contribution in [0.2, 0.25) is 0 Å². The van der Waals surface area contributed by atoms with Crippen molar-refractivity contribution in [2.75, 3.05) is 13.1 Å². The number of benzene rings is 1. The van der Waals surface area contributed by atoms with Gasteiger partial charge in [0.25, 0.3) is 0 Å². The third kappa shape index (κ3) is 4.06. The van der Waals surface area contributed by atoms with E-state index in [1.54, 1.807) is 0 Å². The molecule has 2 N–H and O–H groups in total. The normalized spacial score (nSPS) is 20.8. The summed E-state index contributed by atoms with van der Waals surface area (Å²) in [4.78, 5) is 14.3. The van der Waals surface area contributed by atoms with Gasteiger partial charge in [0.2, 0.25) is 5.91 Å². The molecular weight excluding hydrogens is 316 g/mol. The van der Waals surface area contributed by atoms with Crippen molar-refractivity contribution in [2.24, 2.45) is 11.7 Å². The van der Waals surface area contributed by atoms with E-state index < -0.39 is 0 Å². The van der Waals surface area contributed by atoms with Gasteiger partial charge in [0, 0.05) is 30.0 Å². The first-order valence-corrected chi connectivity index (χ1v) is 8.14. The second-order valence-electron chi connectivity index (χ2n) is 5.69. The van der Waals surface area contributed by atoms with Gasteiger partial charge in [-0.05, 0) is 43.7 Å². The topological polar surface area (TPSA) is 46.3 Å². The molecule has 1 heterocycles. The van der Waals surface area contributed by atoms with Crippen LogP contribution < -0.4 is 5.73 Å². The number of hydrogen-bond donors (Lipinski definition) is 1. The Labute approximate surface area is 129 Å². The van der Waals surface area contributed by atoms with Gasteiger partial charge in [0.1, 0.15) is 0 Å². The predicted octanol–water partition coefficient (Wildman–Crippen LogP) is 2.97. The second-order valence-corrected chi connectivity index (χ2v) is 6.55. The average molecular weight is 339 g/mol. The number of halogens is 1. The van der Waals surface area contributed by atoms with Crippen LogP contribution in [0, 0.1) is 5.92 Å². The Morgan fingerprint density at radius 2 is 2.25 bits per heavy atom. The minimum Gasteiger partial charge on any atom is -0.342 e. The molecule has 2 rings (SSSR count). The van der Waals surface area contributed by atoms with Crippen LogP contribution in [0.3, 0.4) is 0 Å². The zero-order valence-corrected chi connectivity index (χ0v) is 13.6. The molecule has 110 valence electrons. The molecular formula is C16H23BrN2O. The number of nitrogens with two attached hydrogens (primary N) is 1. The summed E-state index contributed by atoms with van der Waals surface area (Å²) in [5.41, 5.74) is 7.17. The summed E-state index contributed by atoms with van der Waals surface area (Å²) >= 11 is 3.53. The molecule has 1 saturated heterocycles. The molecule has 1 aliphatic heterocycles. The van der Waals surface area contributed by atoms with Crippen molar-refractivity contribution in [3.63, 3.8) is 0 Å². The Hall–Kier alpha value is -0.870. The van der Waals surface area contributed by atoms with Gasteiger partial charge in [-0.3, -0.25) is 4.79 Å². The molecule has 1 amide bonds. The summed E-state index contributed by atoms with van der Waals surface area (Å²) in [6.07, 6.45) is 3.59. The first kappa shape index (κ1) is 15.5. The molecule has 0 bridgehead atoms. The second kappa shape index (κ2) is 7.23. The Kier molecular flexibility index (Phi) is 5.61. The molecule has 1 aliphatic rings. The van der Waals surface area contributed by atoms with Crippen molar-refractivity contribution in [3.05, 3.63) is 34.3 Å². The summed E-state index contributed by atoms with van der Waals surface area (Å²) in [6, 6.07) is 8.27. The number of carbonyl (C=O) groups excluding carboxylic acids is 1. The zero-order valence-electron chi connectivity index (χ0n) is 12.0. The zero-order chi connectivity index (χ0) is 14.5. The summed E-state index contributed by atoms with van der Waals surface area (Å²) < 4.78 is 1.08. The highest BCUT2D eigenvalue weighted by Crippen LogP contribution is 2.21. The third-order valence-electron chi connectivity index (χ3n) is 4.12. The molecule has 2 atom stereocenters. The van der Waals surface area contributed by atoms with Crippen molar-refractivity contribution in [2.45, 2.75) is 38.6 Å². The lowest BCUT2D eigenvalue weighted by atomic mass is 9.92. The van der Waals surface area contributed by atoms with Crippen molar-refractivity contribution < 1.29 is 4.79 Å². The minimum absolute atomic E-state index is 0.175. The monoisotopic (exact) mass is 338 g/mol. The molecule has 4 heteroatoms. The van der Waals surface area contributed by atoms with E-state index in [-0.39, 0.29) is 11.9 Å². The average Bonchev–Trinajstić information content (AvgIpc) is 2.46. The van der Waals surface area contributed by atoms with Crippen LogP contribution in [0.5, 0.6) is 0 Å². The molecule has 1 aromatic rings. The van der Waals surface area contributed by atoms with Gasteiger partial charge >= 0.3 is 0 Å². The first-order chi connectivity index (χ1) is 9.58. The molecule has 0 aliphatic carbocycles. The molecule has 0 aromatic heterocycles. The van der Waals surface area contributed by atoms with E-state index in [1.165, 1.54) is 5.56 Å². The highest BCUT2D eigenvalue weighted by atomic mass is 79.9. The number of aryl methyl sites for hydroxylation is 1. The first-order valence-electron chi connectivity index (χ1n) is 7.34. The van der Waals surface area contributed by atoms with E-state index in [9.17, 15) is 4.79 Å². The maximum absolute atomic E-state index is 12.3.